The first kappa shape index (κ1) is 13.1. The van der Waals surface area contributed by atoms with E-state index in [1.807, 2.05) is 0 Å². The second-order valence-corrected chi connectivity index (χ2v) is 5.43. The standard InChI is InChI=1S/C14H18N4O2/c19-13(16-10-14(20)4-2-1-3-5-14)11-8-17-18-7-6-15-9-12(11)18/h6-9,20H,1-5,10H2,(H,16,19). The van der Waals surface area contributed by atoms with Crippen molar-refractivity contribution in [3.05, 3.63) is 30.4 Å². The number of amides is 1. The Morgan fingerprint density at radius 3 is 2.95 bits per heavy atom. The lowest BCUT2D eigenvalue weighted by molar-refractivity contribution is 0.00527. The lowest BCUT2D eigenvalue weighted by atomic mass is 9.85. The summed E-state index contributed by atoms with van der Waals surface area (Å²) in [6, 6.07) is 0. The number of nitrogens with one attached hydrogen (secondary N) is 1. The van der Waals surface area contributed by atoms with Crippen molar-refractivity contribution < 1.29 is 9.90 Å². The number of carbonyl (C=O) groups is 1. The van der Waals surface area contributed by atoms with Gasteiger partial charge in [0.15, 0.2) is 0 Å². The predicted molar refractivity (Wildman–Crippen MR) is 73.4 cm³/mol. The molecule has 0 aliphatic heterocycles. The Bertz CT molecular complexity index is 616. The van der Waals surface area contributed by atoms with E-state index in [9.17, 15) is 9.90 Å². The smallest absolute Gasteiger partial charge is 0.255 e. The first-order valence-corrected chi connectivity index (χ1v) is 6.96. The molecule has 3 rings (SSSR count). The molecule has 2 aromatic rings. The summed E-state index contributed by atoms with van der Waals surface area (Å²) in [5.41, 5.74) is 0.396. The quantitative estimate of drug-likeness (QED) is 0.880. The molecular weight excluding hydrogens is 256 g/mol. The molecule has 0 bridgehead atoms. The maximum Gasteiger partial charge on any atom is 0.255 e. The molecule has 1 aliphatic carbocycles. The van der Waals surface area contributed by atoms with E-state index in [2.05, 4.69) is 15.4 Å². The molecule has 0 radical (unpaired) electrons. The minimum absolute atomic E-state index is 0.216. The van der Waals surface area contributed by atoms with Gasteiger partial charge in [0, 0.05) is 18.9 Å². The highest BCUT2D eigenvalue weighted by molar-refractivity contribution is 6.00. The van der Waals surface area contributed by atoms with E-state index in [0.29, 0.717) is 17.6 Å². The number of rotatable bonds is 3. The van der Waals surface area contributed by atoms with E-state index in [4.69, 9.17) is 0 Å². The molecule has 1 fully saturated rings. The molecule has 2 heterocycles. The Morgan fingerprint density at radius 1 is 1.35 bits per heavy atom. The topological polar surface area (TPSA) is 79.5 Å². The number of carbonyl (C=O) groups excluding carboxylic acids is 1. The zero-order valence-corrected chi connectivity index (χ0v) is 11.2. The first-order chi connectivity index (χ1) is 9.68. The second kappa shape index (κ2) is 5.20. The van der Waals surface area contributed by atoms with Gasteiger partial charge in [0.1, 0.15) is 0 Å². The van der Waals surface area contributed by atoms with Gasteiger partial charge < -0.3 is 10.4 Å². The number of hydrogen-bond acceptors (Lipinski definition) is 4. The molecular formula is C14H18N4O2. The predicted octanol–water partition coefficient (Wildman–Crippen LogP) is 1.15. The third-order valence-corrected chi connectivity index (χ3v) is 3.93. The van der Waals surface area contributed by atoms with Crippen molar-refractivity contribution in [3.63, 3.8) is 0 Å². The normalized spacial score (nSPS) is 18.1. The van der Waals surface area contributed by atoms with Gasteiger partial charge in [-0.05, 0) is 12.8 Å². The summed E-state index contributed by atoms with van der Waals surface area (Å²) in [6.45, 7) is 0.295. The maximum atomic E-state index is 12.2. The Hall–Kier alpha value is -1.95. The van der Waals surface area contributed by atoms with Crippen LogP contribution in [0.5, 0.6) is 0 Å². The van der Waals surface area contributed by atoms with Gasteiger partial charge in [-0.15, -0.1) is 0 Å². The second-order valence-electron chi connectivity index (χ2n) is 5.43. The fourth-order valence-corrected chi connectivity index (χ4v) is 2.74. The molecule has 0 unspecified atom stereocenters. The van der Waals surface area contributed by atoms with Gasteiger partial charge in [-0.25, -0.2) is 4.52 Å². The van der Waals surface area contributed by atoms with Gasteiger partial charge in [-0.3, -0.25) is 9.78 Å². The summed E-state index contributed by atoms with van der Waals surface area (Å²) in [5, 5.41) is 17.3. The molecule has 2 N–H and O–H groups in total. The summed E-state index contributed by atoms with van der Waals surface area (Å²) in [6.07, 6.45) is 11.2. The van der Waals surface area contributed by atoms with Crippen LogP contribution >= 0.6 is 0 Å². The maximum absolute atomic E-state index is 12.2. The molecule has 0 spiro atoms. The van der Waals surface area contributed by atoms with E-state index >= 15 is 0 Å². The Labute approximate surface area is 116 Å². The van der Waals surface area contributed by atoms with Crippen LogP contribution in [-0.4, -0.2) is 37.8 Å². The van der Waals surface area contributed by atoms with Crippen molar-refractivity contribution in [1.29, 1.82) is 0 Å². The van der Waals surface area contributed by atoms with Gasteiger partial charge in [-0.1, -0.05) is 19.3 Å². The third-order valence-electron chi connectivity index (χ3n) is 3.93. The van der Waals surface area contributed by atoms with Crippen LogP contribution in [0.2, 0.25) is 0 Å². The number of aliphatic hydroxyl groups is 1. The molecule has 6 nitrogen and oxygen atoms in total. The van der Waals surface area contributed by atoms with Gasteiger partial charge >= 0.3 is 0 Å². The zero-order valence-electron chi connectivity index (χ0n) is 11.2. The highest BCUT2D eigenvalue weighted by atomic mass is 16.3. The van der Waals surface area contributed by atoms with Gasteiger partial charge in [0.05, 0.1) is 29.1 Å². The van der Waals surface area contributed by atoms with Crippen LogP contribution in [0.25, 0.3) is 5.52 Å². The molecule has 1 aliphatic rings. The van der Waals surface area contributed by atoms with Crippen LogP contribution in [-0.2, 0) is 0 Å². The summed E-state index contributed by atoms with van der Waals surface area (Å²) < 4.78 is 1.61. The van der Waals surface area contributed by atoms with Crippen LogP contribution < -0.4 is 5.32 Å². The van der Waals surface area contributed by atoms with E-state index < -0.39 is 5.60 Å². The molecule has 106 valence electrons. The summed E-state index contributed by atoms with van der Waals surface area (Å²) in [5.74, 6) is -0.216. The first-order valence-electron chi connectivity index (χ1n) is 6.96. The van der Waals surface area contributed by atoms with Crippen LogP contribution in [0.4, 0.5) is 0 Å². The van der Waals surface area contributed by atoms with Crippen molar-refractivity contribution in [2.24, 2.45) is 0 Å². The van der Waals surface area contributed by atoms with Crippen LogP contribution in [0.1, 0.15) is 42.5 Å². The summed E-state index contributed by atoms with van der Waals surface area (Å²) in [7, 11) is 0. The van der Waals surface area contributed by atoms with Crippen LogP contribution in [0.3, 0.4) is 0 Å². The van der Waals surface area contributed by atoms with Gasteiger partial charge in [0.2, 0.25) is 0 Å². The molecule has 1 saturated carbocycles. The zero-order chi connectivity index (χ0) is 14.0. The number of fused-ring (bicyclic) bond motifs is 1. The molecule has 0 aromatic carbocycles. The molecule has 20 heavy (non-hydrogen) atoms. The average Bonchev–Trinajstić information content (AvgIpc) is 2.90. The molecule has 6 heteroatoms. The minimum atomic E-state index is -0.755. The van der Waals surface area contributed by atoms with Crippen molar-refractivity contribution >= 4 is 11.4 Å². The van der Waals surface area contributed by atoms with E-state index in [1.54, 1.807) is 23.1 Å². The van der Waals surface area contributed by atoms with Crippen molar-refractivity contribution in [2.75, 3.05) is 6.54 Å². The minimum Gasteiger partial charge on any atom is -0.388 e. The van der Waals surface area contributed by atoms with Crippen molar-refractivity contribution in [2.45, 2.75) is 37.7 Å². The molecule has 0 saturated heterocycles. The largest absolute Gasteiger partial charge is 0.388 e. The van der Waals surface area contributed by atoms with Crippen molar-refractivity contribution in [1.82, 2.24) is 19.9 Å². The van der Waals surface area contributed by atoms with Crippen LogP contribution in [0, 0.1) is 0 Å². The number of nitrogens with zero attached hydrogens (tertiary/aromatic N) is 3. The Kier molecular flexibility index (Phi) is 3.40. The highest BCUT2D eigenvalue weighted by Crippen LogP contribution is 2.27. The molecule has 2 aromatic heterocycles. The lowest BCUT2D eigenvalue weighted by Crippen LogP contribution is -2.44. The third kappa shape index (κ3) is 2.51. The lowest BCUT2D eigenvalue weighted by Gasteiger charge is -2.32. The summed E-state index contributed by atoms with van der Waals surface area (Å²) in [4.78, 5) is 16.2. The SMILES string of the molecule is O=C(NCC1(O)CCCCC1)c1cnn2ccncc12. The fraction of sp³-hybridized carbons (Fsp3) is 0.500. The van der Waals surface area contributed by atoms with Gasteiger partial charge in [0.25, 0.3) is 5.91 Å². The average molecular weight is 274 g/mol. The highest BCUT2D eigenvalue weighted by Gasteiger charge is 2.29. The van der Waals surface area contributed by atoms with Crippen LogP contribution in [0.15, 0.2) is 24.8 Å². The van der Waals surface area contributed by atoms with E-state index in [0.717, 1.165) is 32.1 Å². The van der Waals surface area contributed by atoms with E-state index in [1.165, 1.54) is 6.20 Å². The summed E-state index contributed by atoms with van der Waals surface area (Å²) >= 11 is 0. The number of aromatic nitrogens is 3. The molecule has 0 atom stereocenters. The molecule has 1 amide bonds. The Balaban J connectivity index is 1.70. The van der Waals surface area contributed by atoms with E-state index in [-0.39, 0.29) is 5.91 Å². The Morgan fingerprint density at radius 2 is 2.15 bits per heavy atom. The monoisotopic (exact) mass is 274 g/mol. The van der Waals surface area contributed by atoms with Gasteiger partial charge in [-0.2, -0.15) is 5.10 Å². The number of hydrogen-bond donors (Lipinski definition) is 2. The van der Waals surface area contributed by atoms with Crippen molar-refractivity contribution in [3.8, 4) is 0 Å². The fourth-order valence-electron chi connectivity index (χ4n) is 2.74.